The molecule has 6 nitrogen and oxygen atoms in total. The monoisotopic (exact) mass is 382 g/mol. The number of ether oxygens (including phenoxy) is 1. The average Bonchev–Trinajstić information content (AvgIpc) is 3.15. The fourth-order valence-corrected chi connectivity index (χ4v) is 3.50. The summed E-state index contributed by atoms with van der Waals surface area (Å²) in [7, 11) is 1.60. The maximum atomic E-state index is 12.7. The SMILES string of the molecule is COc1ccc(C(=O)[C@@H](C)Sc2nnnn2-c2ccc(C(C)C)cc2)cc1. The highest BCUT2D eigenvalue weighted by molar-refractivity contribution is 8.00. The van der Waals surface area contributed by atoms with Crippen molar-refractivity contribution in [3.05, 3.63) is 59.7 Å². The Morgan fingerprint density at radius 1 is 1.04 bits per heavy atom. The number of benzene rings is 2. The van der Waals surface area contributed by atoms with Crippen LogP contribution < -0.4 is 4.74 Å². The Kier molecular flexibility index (Phi) is 5.91. The van der Waals surface area contributed by atoms with Crippen LogP contribution in [0.5, 0.6) is 5.75 Å². The van der Waals surface area contributed by atoms with Gasteiger partial charge in [-0.1, -0.05) is 37.7 Å². The van der Waals surface area contributed by atoms with Crippen LogP contribution in [0.15, 0.2) is 53.7 Å². The van der Waals surface area contributed by atoms with Crippen molar-refractivity contribution in [2.24, 2.45) is 0 Å². The van der Waals surface area contributed by atoms with Crippen LogP contribution in [0.1, 0.15) is 42.6 Å². The van der Waals surface area contributed by atoms with Crippen molar-refractivity contribution in [3.63, 3.8) is 0 Å². The third kappa shape index (κ3) is 4.36. The summed E-state index contributed by atoms with van der Waals surface area (Å²) in [4.78, 5) is 12.7. The molecule has 0 radical (unpaired) electrons. The van der Waals surface area contributed by atoms with Crippen molar-refractivity contribution < 1.29 is 9.53 Å². The van der Waals surface area contributed by atoms with Gasteiger partial charge in [0, 0.05) is 5.56 Å². The lowest BCUT2D eigenvalue weighted by atomic mass is 10.0. The highest BCUT2D eigenvalue weighted by Crippen LogP contribution is 2.26. The summed E-state index contributed by atoms with van der Waals surface area (Å²) in [5, 5.41) is 12.2. The topological polar surface area (TPSA) is 69.9 Å². The Hall–Kier alpha value is -2.67. The zero-order valence-corrected chi connectivity index (χ0v) is 16.6. The Morgan fingerprint density at radius 2 is 1.70 bits per heavy atom. The normalized spacial score (nSPS) is 12.2. The maximum absolute atomic E-state index is 12.7. The number of methoxy groups -OCH3 is 1. The van der Waals surface area contributed by atoms with Crippen molar-refractivity contribution in [1.29, 1.82) is 0 Å². The number of hydrogen-bond acceptors (Lipinski definition) is 6. The second-order valence-electron chi connectivity index (χ2n) is 6.47. The lowest BCUT2D eigenvalue weighted by Crippen LogP contribution is -2.14. The molecule has 0 aliphatic rings. The summed E-state index contributed by atoms with van der Waals surface area (Å²) in [6.07, 6.45) is 0. The quantitative estimate of drug-likeness (QED) is 0.451. The van der Waals surface area contributed by atoms with Crippen molar-refractivity contribution in [1.82, 2.24) is 20.2 Å². The molecule has 1 heterocycles. The number of hydrogen-bond donors (Lipinski definition) is 0. The zero-order valence-electron chi connectivity index (χ0n) is 15.8. The van der Waals surface area contributed by atoms with Crippen molar-refractivity contribution in [2.75, 3.05) is 7.11 Å². The van der Waals surface area contributed by atoms with E-state index in [0.717, 1.165) is 11.4 Å². The Morgan fingerprint density at radius 3 is 2.30 bits per heavy atom. The summed E-state index contributed by atoms with van der Waals surface area (Å²) in [6.45, 7) is 6.16. The van der Waals surface area contributed by atoms with E-state index in [1.165, 1.54) is 17.3 Å². The molecule has 7 heteroatoms. The van der Waals surface area contributed by atoms with Gasteiger partial charge < -0.3 is 4.74 Å². The second kappa shape index (κ2) is 8.35. The van der Waals surface area contributed by atoms with E-state index in [9.17, 15) is 4.79 Å². The molecule has 0 unspecified atom stereocenters. The van der Waals surface area contributed by atoms with Gasteiger partial charge in [0.05, 0.1) is 18.0 Å². The van der Waals surface area contributed by atoms with Crippen LogP contribution in [0, 0.1) is 0 Å². The van der Waals surface area contributed by atoms with Gasteiger partial charge in [-0.25, -0.2) is 0 Å². The molecule has 3 aromatic rings. The molecule has 0 spiro atoms. The minimum atomic E-state index is -0.321. The van der Waals surface area contributed by atoms with Gasteiger partial charge >= 0.3 is 0 Å². The van der Waals surface area contributed by atoms with E-state index in [-0.39, 0.29) is 11.0 Å². The Bertz CT molecular complexity index is 904. The van der Waals surface area contributed by atoms with Gasteiger partial charge in [-0.3, -0.25) is 4.79 Å². The molecule has 0 saturated heterocycles. The number of Topliss-reactive ketones (excluding diaryl/α,β-unsaturated/α-hetero) is 1. The van der Waals surface area contributed by atoms with E-state index in [4.69, 9.17) is 4.74 Å². The van der Waals surface area contributed by atoms with Crippen molar-refractivity contribution in [2.45, 2.75) is 37.1 Å². The van der Waals surface area contributed by atoms with E-state index >= 15 is 0 Å². The molecular formula is C20H22N4O2S. The smallest absolute Gasteiger partial charge is 0.214 e. The predicted molar refractivity (Wildman–Crippen MR) is 106 cm³/mol. The molecule has 0 aliphatic carbocycles. The lowest BCUT2D eigenvalue weighted by Gasteiger charge is -2.11. The highest BCUT2D eigenvalue weighted by atomic mass is 32.2. The molecule has 1 aromatic heterocycles. The van der Waals surface area contributed by atoms with E-state index in [1.54, 1.807) is 36.1 Å². The van der Waals surface area contributed by atoms with Gasteiger partial charge in [0.25, 0.3) is 0 Å². The number of carbonyl (C=O) groups is 1. The number of thioether (sulfide) groups is 1. The first-order valence-electron chi connectivity index (χ1n) is 8.73. The average molecular weight is 382 g/mol. The van der Waals surface area contributed by atoms with Crippen molar-refractivity contribution >= 4 is 17.5 Å². The standard InChI is InChI=1S/C20H22N4O2S/c1-13(2)15-5-9-17(10-6-15)24-20(21-22-23-24)27-14(3)19(25)16-7-11-18(26-4)12-8-16/h5-14H,1-4H3/t14-/m1/s1. The fraction of sp³-hybridized carbons (Fsp3) is 0.300. The van der Waals surface area contributed by atoms with Crippen LogP contribution in [0.3, 0.4) is 0 Å². The molecular weight excluding hydrogens is 360 g/mol. The van der Waals surface area contributed by atoms with E-state index < -0.39 is 0 Å². The lowest BCUT2D eigenvalue weighted by molar-refractivity contribution is 0.0994. The molecule has 3 rings (SSSR count). The molecule has 0 N–H and O–H groups in total. The summed E-state index contributed by atoms with van der Waals surface area (Å²) in [5.41, 5.74) is 2.76. The number of tetrazole rings is 1. The number of ketones is 1. The number of aromatic nitrogens is 4. The predicted octanol–water partition coefficient (Wildman–Crippen LogP) is 4.16. The molecule has 0 saturated carbocycles. The maximum Gasteiger partial charge on any atom is 0.214 e. The first kappa shape index (κ1) is 19.1. The summed E-state index contributed by atoms with van der Waals surface area (Å²) in [5.74, 6) is 1.21. The number of carbonyl (C=O) groups excluding carboxylic acids is 1. The van der Waals surface area contributed by atoms with Crippen LogP contribution in [-0.2, 0) is 0 Å². The van der Waals surface area contributed by atoms with Crippen LogP contribution in [0.4, 0.5) is 0 Å². The zero-order chi connectivity index (χ0) is 19.4. The van der Waals surface area contributed by atoms with E-state index in [1.807, 2.05) is 19.1 Å². The summed E-state index contributed by atoms with van der Waals surface area (Å²) >= 11 is 1.34. The van der Waals surface area contributed by atoms with E-state index in [2.05, 4.69) is 41.5 Å². The van der Waals surface area contributed by atoms with Gasteiger partial charge in [0.1, 0.15) is 5.75 Å². The molecule has 140 valence electrons. The highest BCUT2D eigenvalue weighted by Gasteiger charge is 2.20. The minimum Gasteiger partial charge on any atom is -0.497 e. The Labute approximate surface area is 162 Å². The number of rotatable bonds is 7. The van der Waals surface area contributed by atoms with Gasteiger partial charge in [-0.2, -0.15) is 4.68 Å². The molecule has 0 bridgehead atoms. The van der Waals surface area contributed by atoms with E-state index in [0.29, 0.717) is 16.6 Å². The number of nitrogens with zero attached hydrogens (tertiary/aromatic N) is 4. The summed E-state index contributed by atoms with van der Waals surface area (Å²) < 4.78 is 6.80. The van der Waals surface area contributed by atoms with Crippen molar-refractivity contribution in [3.8, 4) is 11.4 Å². The van der Waals surface area contributed by atoms with Gasteiger partial charge in [0.15, 0.2) is 5.78 Å². The fourth-order valence-electron chi connectivity index (χ4n) is 2.62. The minimum absolute atomic E-state index is 0.0207. The van der Waals surface area contributed by atoms with Crippen LogP contribution in [-0.4, -0.2) is 38.4 Å². The van der Waals surface area contributed by atoms with Gasteiger partial charge in [-0.05, 0) is 65.2 Å². The molecule has 0 aliphatic heterocycles. The Balaban J connectivity index is 1.76. The summed E-state index contributed by atoms with van der Waals surface area (Å²) in [6, 6.07) is 15.2. The third-order valence-electron chi connectivity index (χ3n) is 4.27. The van der Waals surface area contributed by atoms with Gasteiger partial charge in [0.2, 0.25) is 5.16 Å². The molecule has 2 aromatic carbocycles. The molecule has 0 amide bonds. The van der Waals surface area contributed by atoms with Crippen LogP contribution >= 0.6 is 11.8 Å². The van der Waals surface area contributed by atoms with Crippen LogP contribution in [0.25, 0.3) is 5.69 Å². The third-order valence-corrected chi connectivity index (χ3v) is 5.30. The molecule has 1 atom stereocenters. The second-order valence-corrected chi connectivity index (χ2v) is 7.78. The first-order valence-corrected chi connectivity index (χ1v) is 9.61. The largest absolute Gasteiger partial charge is 0.497 e. The molecule has 0 fully saturated rings. The van der Waals surface area contributed by atoms with Gasteiger partial charge in [-0.15, -0.1) is 5.10 Å². The van der Waals surface area contributed by atoms with Crippen LogP contribution in [0.2, 0.25) is 0 Å². The molecule has 27 heavy (non-hydrogen) atoms. The first-order chi connectivity index (χ1) is 13.0.